The van der Waals surface area contributed by atoms with Gasteiger partial charge in [0.25, 0.3) is 5.91 Å². The van der Waals surface area contributed by atoms with Crippen LogP contribution >= 0.6 is 0 Å². The lowest BCUT2D eigenvalue weighted by atomic mass is 10.0. The van der Waals surface area contributed by atoms with Gasteiger partial charge in [0.1, 0.15) is 5.69 Å². The van der Waals surface area contributed by atoms with Crippen LogP contribution in [0.4, 0.5) is 5.69 Å². The molecular weight excluding hydrogens is 364 g/mol. The Labute approximate surface area is 171 Å². The van der Waals surface area contributed by atoms with Crippen LogP contribution < -0.4 is 5.32 Å². The van der Waals surface area contributed by atoms with Gasteiger partial charge in [-0.2, -0.15) is 5.10 Å². The van der Waals surface area contributed by atoms with E-state index in [1.807, 2.05) is 73.3 Å². The highest BCUT2D eigenvalue weighted by Crippen LogP contribution is 2.27. The van der Waals surface area contributed by atoms with E-state index in [-0.39, 0.29) is 17.9 Å². The van der Waals surface area contributed by atoms with Crippen LogP contribution in [-0.4, -0.2) is 26.5 Å². The molecule has 0 saturated carbocycles. The van der Waals surface area contributed by atoms with Gasteiger partial charge in [0, 0.05) is 26.2 Å². The van der Waals surface area contributed by atoms with Crippen LogP contribution in [0.2, 0.25) is 0 Å². The van der Waals surface area contributed by atoms with Crippen molar-refractivity contribution >= 4 is 17.5 Å². The number of hydrogen-bond donors (Lipinski definition) is 1. The Bertz CT molecular complexity index is 1010. The van der Waals surface area contributed by atoms with E-state index in [1.54, 1.807) is 17.8 Å². The molecule has 6 heteroatoms. The van der Waals surface area contributed by atoms with Crippen LogP contribution in [-0.2, 0) is 18.4 Å². The van der Waals surface area contributed by atoms with E-state index in [2.05, 4.69) is 10.4 Å². The normalized spacial score (nSPS) is 11.7. The summed E-state index contributed by atoms with van der Waals surface area (Å²) in [5, 5.41) is 7.13. The maximum Gasteiger partial charge on any atom is 0.272 e. The van der Waals surface area contributed by atoms with Gasteiger partial charge in [0.15, 0.2) is 0 Å². The predicted molar refractivity (Wildman–Crippen MR) is 113 cm³/mol. The van der Waals surface area contributed by atoms with Crippen molar-refractivity contribution in [1.82, 2.24) is 14.7 Å². The van der Waals surface area contributed by atoms with Crippen molar-refractivity contribution in [1.29, 1.82) is 0 Å². The molecular formula is C23H26N4O2. The van der Waals surface area contributed by atoms with Crippen molar-refractivity contribution in [3.05, 3.63) is 83.2 Å². The molecule has 0 fully saturated rings. The number of anilines is 1. The number of carbonyl (C=O) groups is 2. The minimum absolute atomic E-state index is 0.0885. The summed E-state index contributed by atoms with van der Waals surface area (Å²) in [6, 6.07) is 19.1. The highest BCUT2D eigenvalue weighted by molar-refractivity contribution is 5.93. The van der Waals surface area contributed by atoms with Crippen LogP contribution in [0.5, 0.6) is 0 Å². The first-order chi connectivity index (χ1) is 13.8. The van der Waals surface area contributed by atoms with E-state index in [9.17, 15) is 9.59 Å². The highest BCUT2D eigenvalue weighted by atomic mass is 16.2. The number of aryl methyl sites for hydroxylation is 2. The quantitative estimate of drug-likeness (QED) is 0.689. The zero-order chi connectivity index (χ0) is 21.0. The average molecular weight is 390 g/mol. The van der Waals surface area contributed by atoms with Crippen LogP contribution in [0, 0.1) is 6.92 Å². The Morgan fingerprint density at radius 3 is 2.45 bits per heavy atom. The second kappa shape index (κ2) is 8.73. The molecule has 2 amide bonds. The number of nitrogens with zero attached hydrogens (tertiary/aromatic N) is 3. The summed E-state index contributed by atoms with van der Waals surface area (Å²) in [4.78, 5) is 26.7. The van der Waals surface area contributed by atoms with Crippen molar-refractivity contribution in [2.24, 2.45) is 7.05 Å². The topological polar surface area (TPSA) is 67.2 Å². The van der Waals surface area contributed by atoms with Crippen LogP contribution in [0.15, 0.2) is 60.7 Å². The maximum atomic E-state index is 13.5. The van der Waals surface area contributed by atoms with Gasteiger partial charge in [-0.15, -0.1) is 0 Å². The summed E-state index contributed by atoms with van der Waals surface area (Å²) < 4.78 is 1.62. The fourth-order valence-corrected chi connectivity index (χ4v) is 3.38. The molecule has 0 aliphatic carbocycles. The van der Waals surface area contributed by atoms with E-state index in [4.69, 9.17) is 0 Å². The van der Waals surface area contributed by atoms with Crippen molar-refractivity contribution in [3.63, 3.8) is 0 Å². The van der Waals surface area contributed by atoms with Gasteiger partial charge in [-0.3, -0.25) is 14.3 Å². The Morgan fingerprint density at radius 1 is 1.10 bits per heavy atom. The zero-order valence-corrected chi connectivity index (χ0v) is 17.2. The van der Waals surface area contributed by atoms with E-state index in [1.165, 1.54) is 6.92 Å². The maximum absolute atomic E-state index is 13.5. The van der Waals surface area contributed by atoms with Gasteiger partial charge < -0.3 is 10.2 Å². The summed E-state index contributed by atoms with van der Waals surface area (Å²) in [6.45, 7) is 5.82. The standard InChI is InChI=1S/C23H26N4O2/c1-16-13-22(26(4)25-16)23(29)27(15-19-9-6-5-7-10-19)17(2)20-11-8-12-21(14-20)24-18(3)28/h5-14,17H,15H2,1-4H3,(H,24,28). The van der Waals surface area contributed by atoms with Crippen molar-refractivity contribution in [2.45, 2.75) is 33.4 Å². The van der Waals surface area contributed by atoms with Crippen molar-refractivity contribution in [2.75, 3.05) is 5.32 Å². The molecule has 0 radical (unpaired) electrons. The van der Waals surface area contributed by atoms with Gasteiger partial charge in [-0.05, 0) is 43.2 Å². The van der Waals surface area contributed by atoms with Gasteiger partial charge in [0.05, 0.1) is 11.7 Å². The largest absolute Gasteiger partial charge is 0.326 e. The Morgan fingerprint density at radius 2 is 1.83 bits per heavy atom. The third kappa shape index (κ3) is 4.90. The first-order valence-corrected chi connectivity index (χ1v) is 9.58. The monoisotopic (exact) mass is 390 g/mol. The molecule has 0 spiro atoms. The molecule has 6 nitrogen and oxygen atoms in total. The number of hydrogen-bond acceptors (Lipinski definition) is 3. The Kier molecular flexibility index (Phi) is 6.12. The van der Waals surface area contributed by atoms with Gasteiger partial charge in [-0.25, -0.2) is 0 Å². The van der Waals surface area contributed by atoms with Gasteiger partial charge in [-0.1, -0.05) is 42.5 Å². The molecule has 1 unspecified atom stereocenters. The third-order valence-electron chi connectivity index (χ3n) is 4.83. The summed E-state index contributed by atoms with van der Waals surface area (Å²) in [7, 11) is 1.78. The summed E-state index contributed by atoms with van der Waals surface area (Å²) in [5.41, 5.74) is 4.05. The second-order valence-corrected chi connectivity index (χ2v) is 7.20. The lowest BCUT2D eigenvalue weighted by Gasteiger charge is -2.30. The molecule has 1 aromatic heterocycles. The SMILES string of the molecule is CC(=O)Nc1cccc(C(C)N(Cc2ccccc2)C(=O)c2cc(C)nn2C)c1. The molecule has 150 valence electrons. The number of carbonyl (C=O) groups excluding carboxylic acids is 2. The number of amides is 2. The van der Waals surface area contributed by atoms with Gasteiger partial charge >= 0.3 is 0 Å². The molecule has 3 aromatic rings. The van der Waals surface area contributed by atoms with E-state index < -0.39 is 0 Å². The molecule has 29 heavy (non-hydrogen) atoms. The zero-order valence-electron chi connectivity index (χ0n) is 17.2. The Hall–Kier alpha value is -3.41. The molecule has 1 atom stereocenters. The van der Waals surface area contributed by atoms with E-state index in [0.717, 1.165) is 16.8 Å². The highest BCUT2D eigenvalue weighted by Gasteiger charge is 2.25. The fraction of sp³-hybridized carbons (Fsp3) is 0.261. The number of nitrogens with one attached hydrogen (secondary N) is 1. The molecule has 0 bridgehead atoms. The van der Waals surface area contributed by atoms with Gasteiger partial charge in [0.2, 0.25) is 5.91 Å². The molecule has 2 aromatic carbocycles. The van der Waals surface area contributed by atoms with Crippen molar-refractivity contribution < 1.29 is 9.59 Å². The van der Waals surface area contributed by atoms with E-state index in [0.29, 0.717) is 17.9 Å². The fourth-order valence-electron chi connectivity index (χ4n) is 3.38. The summed E-state index contributed by atoms with van der Waals surface area (Å²) >= 11 is 0. The summed E-state index contributed by atoms with van der Waals surface area (Å²) in [6.07, 6.45) is 0. The summed E-state index contributed by atoms with van der Waals surface area (Å²) in [5.74, 6) is -0.216. The van der Waals surface area contributed by atoms with Crippen LogP contribution in [0.3, 0.4) is 0 Å². The van der Waals surface area contributed by atoms with Crippen molar-refractivity contribution in [3.8, 4) is 0 Å². The molecule has 0 aliphatic rings. The second-order valence-electron chi connectivity index (χ2n) is 7.20. The lowest BCUT2D eigenvalue weighted by molar-refractivity contribution is -0.114. The Balaban J connectivity index is 1.97. The number of aromatic nitrogens is 2. The first kappa shape index (κ1) is 20.3. The number of benzene rings is 2. The van der Waals surface area contributed by atoms with Crippen LogP contribution in [0.25, 0.3) is 0 Å². The smallest absolute Gasteiger partial charge is 0.272 e. The molecule has 0 aliphatic heterocycles. The van der Waals surface area contributed by atoms with E-state index >= 15 is 0 Å². The lowest BCUT2D eigenvalue weighted by Crippen LogP contribution is -2.34. The molecule has 1 N–H and O–H groups in total. The molecule has 3 rings (SSSR count). The molecule has 0 saturated heterocycles. The minimum Gasteiger partial charge on any atom is -0.326 e. The number of rotatable bonds is 6. The molecule has 1 heterocycles. The minimum atomic E-state index is -0.202. The average Bonchev–Trinajstić information content (AvgIpc) is 3.03. The predicted octanol–water partition coefficient (Wildman–Crippen LogP) is 4.09. The third-order valence-corrected chi connectivity index (χ3v) is 4.83. The van der Waals surface area contributed by atoms with Crippen LogP contribution in [0.1, 0.15) is 47.2 Å². The first-order valence-electron chi connectivity index (χ1n) is 9.58.